The molecule has 1 heterocycles. The van der Waals surface area contributed by atoms with Crippen molar-refractivity contribution in [3.05, 3.63) is 60.1 Å². The fourth-order valence-electron chi connectivity index (χ4n) is 3.03. The van der Waals surface area contributed by atoms with Gasteiger partial charge in [0.05, 0.1) is 25.2 Å². The Morgan fingerprint density at radius 1 is 1.24 bits per heavy atom. The molecule has 0 fully saturated rings. The maximum absolute atomic E-state index is 12.5. The van der Waals surface area contributed by atoms with Gasteiger partial charge in [-0.25, -0.2) is 0 Å². The van der Waals surface area contributed by atoms with Gasteiger partial charge >= 0.3 is 0 Å². The molecular weight excluding hydrogens is 460 g/mol. The highest BCUT2D eigenvalue weighted by Crippen LogP contribution is 2.29. The molecule has 0 saturated carbocycles. The van der Waals surface area contributed by atoms with Crippen molar-refractivity contribution in [1.29, 1.82) is 0 Å². The Morgan fingerprint density at radius 3 is 2.73 bits per heavy atom. The molecule has 3 rings (SSSR count). The first-order valence-corrected chi connectivity index (χ1v) is 12.0. The van der Waals surface area contributed by atoms with E-state index in [9.17, 15) is 4.79 Å². The first kappa shape index (κ1) is 24.7. The predicted molar refractivity (Wildman–Crippen MR) is 133 cm³/mol. The number of thioether (sulfide) groups is 1. The molecule has 7 nitrogen and oxygen atoms in total. The number of allylic oxidation sites excluding steroid dienone is 1. The highest BCUT2D eigenvalue weighted by atomic mass is 35.5. The molecule has 33 heavy (non-hydrogen) atoms. The summed E-state index contributed by atoms with van der Waals surface area (Å²) < 4.78 is 12.9. The number of amides is 1. The number of unbranched alkanes of at least 4 members (excludes halogenated alkanes) is 1. The quantitative estimate of drug-likeness (QED) is 0.201. The number of rotatable bonds is 12. The van der Waals surface area contributed by atoms with E-state index in [4.69, 9.17) is 21.1 Å². The fraction of sp³-hybridized carbons (Fsp3) is 0.292. The van der Waals surface area contributed by atoms with E-state index in [1.165, 1.54) is 18.9 Å². The summed E-state index contributed by atoms with van der Waals surface area (Å²) in [6, 6.07) is 12.8. The number of hydrogen-bond donors (Lipinski definition) is 1. The number of ether oxygens (including phenoxy) is 2. The average Bonchev–Trinajstić information content (AvgIpc) is 3.21. The van der Waals surface area contributed by atoms with Crippen LogP contribution in [0.15, 0.2) is 60.3 Å². The van der Waals surface area contributed by atoms with E-state index in [0.29, 0.717) is 40.6 Å². The summed E-state index contributed by atoms with van der Waals surface area (Å²) >= 11 is 7.33. The zero-order chi connectivity index (χ0) is 23.6. The van der Waals surface area contributed by atoms with Gasteiger partial charge in [0, 0.05) is 17.1 Å². The lowest BCUT2D eigenvalue weighted by atomic mass is 10.2. The van der Waals surface area contributed by atoms with Crippen LogP contribution in [0, 0.1) is 0 Å². The first-order valence-electron chi connectivity index (χ1n) is 10.6. The Labute approximate surface area is 203 Å². The Hall–Kier alpha value is -2.97. The molecule has 0 aliphatic carbocycles. The van der Waals surface area contributed by atoms with E-state index < -0.39 is 0 Å². The summed E-state index contributed by atoms with van der Waals surface area (Å²) in [6.45, 7) is 7.18. The summed E-state index contributed by atoms with van der Waals surface area (Å²) in [5, 5.41) is 12.6. The second-order valence-electron chi connectivity index (χ2n) is 7.11. The van der Waals surface area contributed by atoms with E-state index in [2.05, 4.69) is 29.0 Å². The highest BCUT2D eigenvalue weighted by molar-refractivity contribution is 7.99. The van der Waals surface area contributed by atoms with Crippen LogP contribution < -0.4 is 14.8 Å². The minimum Gasteiger partial charge on any atom is -0.495 e. The smallest absolute Gasteiger partial charge is 0.234 e. The molecule has 0 radical (unpaired) electrons. The molecule has 0 unspecified atom stereocenters. The molecule has 1 N–H and O–H groups in total. The van der Waals surface area contributed by atoms with E-state index in [0.717, 1.165) is 24.2 Å². The number of carbonyl (C=O) groups is 1. The molecule has 0 aliphatic rings. The fourth-order valence-corrected chi connectivity index (χ4v) is 3.95. The van der Waals surface area contributed by atoms with Crippen LogP contribution >= 0.6 is 23.4 Å². The number of benzene rings is 2. The molecule has 3 aromatic rings. The number of methoxy groups -OCH3 is 1. The molecule has 0 aliphatic heterocycles. The summed E-state index contributed by atoms with van der Waals surface area (Å²) in [5.41, 5.74) is 1.43. The number of carbonyl (C=O) groups excluding carboxylic acids is 1. The number of hydrogen-bond acceptors (Lipinski definition) is 6. The topological polar surface area (TPSA) is 78.3 Å². The number of nitrogens with zero attached hydrogens (tertiary/aromatic N) is 3. The average molecular weight is 487 g/mol. The van der Waals surface area contributed by atoms with Crippen molar-refractivity contribution in [3.8, 4) is 22.9 Å². The zero-order valence-electron chi connectivity index (χ0n) is 18.7. The van der Waals surface area contributed by atoms with Crippen LogP contribution in [0.4, 0.5) is 5.69 Å². The third-order valence-corrected chi connectivity index (χ3v) is 5.88. The van der Waals surface area contributed by atoms with Crippen molar-refractivity contribution >= 4 is 35.0 Å². The number of anilines is 1. The van der Waals surface area contributed by atoms with Gasteiger partial charge < -0.3 is 14.8 Å². The molecule has 9 heteroatoms. The maximum Gasteiger partial charge on any atom is 0.234 e. The number of aromatic nitrogens is 3. The molecule has 174 valence electrons. The Balaban J connectivity index is 1.69. The third-order valence-electron chi connectivity index (χ3n) is 4.68. The molecule has 0 saturated heterocycles. The van der Waals surface area contributed by atoms with Crippen molar-refractivity contribution in [2.45, 2.75) is 31.5 Å². The standard InChI is InChI=1S/C24H27ClN4O3S/c1-4-6-14-32-19-10-7-17(8-11-19)23-27-28-24(29(23)13-5-2)33-16-22(30)26-20-15-18(25)9-12-21(20)31-3/h5,7-12,15H,2,4,6,13-14,16H2,1,3H3,(H,26,30). The molecule has 0 atom stereocenters. The Bertz CT molecular complexity index is 1090. The predicted octanol–water partition coefficient (Wildman–Crippen LogP) is 5.70. The number of halogens is 1. The van der Waals surface area contributed by atoms with Gasteiger partial charge in [0.1, 0.15) is 11.5 Å². The van der Waals surface area contributed by atoms with Crippen molar-refractivity contribution < 1.29 is 14.3 Å². The molecule has 1 amide bonds. The molecule has 0 bridgehead atoms. The van der Waals surface area contributed by atoms with Crippen LogP contribution in [0.1, 0.15) is 19.8 Å². The zero-order valence-corrected chi connectivity index (χ0v) is 20.3. The van der Waals surface area contributed by atoms with Gasteiger partial charge in [-0.3, -0.25) is 9.36 Å². The van der Waals surface area contributed by atoms with E-state index in [1.54, 1.807) is 24.3 Å². The minimum absolute atomic E-state index is 0.148. The highest BCUT2D eigenvalue weighted by Gasteiger charge is 2.16. The molecule has 1 aromatic heterocycles. The summed E-state index contributed by atoms with van der Waals surface area (Å²) in [7, 11) is 1.54. The molecular formula is C24H27ClN4O3S. The van der Waals surface area contributed by atoms with Gasteiger partial charge in [-0.1, -0.05) is 42.8 Å². The second-order valence-corrected chi connectivity index (χ2v) is 8.49. The number of nitrogens with one attached hydrogen (secondary N) is 1. The van der Waals surface area contributed by atoms with Gasteiger partial charge in [-0.15, -0.1) is 16.8 Å². The maximum atomic E-state index is 12.5. The first-order chi connectivity index (χ1) is 16.0. The van der Waals surface area contributed by atoms with Crippen molar-refractivity contribution in [2.24, 2.45) is 0 Å². The van der Waals surface area contributed by atoms with Crippen LogP contribution in [-0.2, 0) is 11.3 Å². The van der Waals surface area contributed by atoms with Gasteiger partial charge in [0.25, 0.3) is 0 Å². The Morgan fingerprint density at radius 2 is 2.03 bits per heavy atom. The van der Waals surface area contributed by atoms with E-state index in [-0.39, 0.29) is 11.7 Å². The lowest BCUT2D eigenvalue weighted by molar-refractivity contribution is -0.113. The van der Waals surface area contributed by atoms with Crippen molar-refractivity contribution in [1.82, 2.24) is 14.8 Å². The summed E-state index contributed by atoms with van der Waals surface area (Å²) in [4.78, 5) is 12.5. The molecule has 0 spiro atoms. The van der Waals surface area contributed by atoms with E-state index in [1.807, 2.05) is 28.8 Å². The lowest BCUT2D eigenvalue weighted by Gasteiger charge is -2.11. The Kier molecular flexibility index (Phi) is 9.21. The van der Waals surface area contributed by atoms with Crippen LogP contribution in [0.25, 0.3) is 11.4 Å². The SMILES string of the molecule is C=CCn1c(SCC(=O)Nc2cc(Cl)ccc2OC)nnc1-c1ccc(OCCCC)cc1. The summed E-state index contributed by atoms with van der Waals surface area (Å²) in [6.07, 6.45) is 3.89. The normalized spacial score (nSPS) is 10.6. The van der Waals surface area contributed by atoms with Gasteiger partial charge in [0.2, 0.25) is 5.91 Å². The minimum atomic E-state index is -0.205. The van der Waals surface area contributed by atoms with E-state index >= 15 is 0 Å². The largest absolute Gasteiger partial charge is 0.495 e. The van der Waals surface area contributed by atoms with Gasteiger partial charge in [-0.05, 0) is 48.9 Å². The van der Waals surface area contributed by atoms with Crippen LogP contribution in [0.2, 0.25) is 5.02 Å². The van der Waals surface area contributed by atoms with Crippen LogP contribution in [0.5, 0.6) is 11.5 Å². The van der Waals surface area contributed by atoms with Gasteiger partial charge in [0.15, 0.2) is 11.0 Å². The van der Waals surface area contributed by atoms with Crippen molar-refractivity contribution in [2.75, 3.05) is 24.8 Å². The lowest BCUT2D eigenvalue weighted by Crippen LogP contribution is -2.15. The van der Waals surface area contributed by atoms with Crippen molar-refractivity contribution in [3.63, 3.8) is 0 Å². The van der Waals surface area contributed by atoms with Crippen LogP contribution in [-0.4, -0.2) is 40.1 Å². The van der Waals surface area contributed by atoms with Gasteiger partial charge in [-0.2, -0.15) is 0 Å². The third kappa shape index (κ3) is 6.76. The van der Waals surface area contributed by atoms with Crippen LogP contribution in [0.3, 0.4) is 0 Å². The summed E-state index contributed by atoms with van der Waals surface area (Å²) in [5.74, 6) is 2.01. The second kappa shape index (κ2) is 12.3. The monoisotopic (exact) mass is 486 g/mol. The molecule has 2 aromatic carbocycles.